The van der Waals surface area contributed by atoms with E-state index in [1.807, 2.05) is 6.07 Å². The van der Waals surface area contributed by atoms with Crippen LogP contribution < -0.4 is 5.32 Å². The zero-order valence-electron chi connectivity index (χ0n) is 14.3. The van der Waals surface area contributed by atoms with Gasteiger partial charge in [0, 0.05) is 11.4 Å². The van der Waals surface area contributed by atoms with E-state index in [0.29, 0.717) is 0 Å². The molecule has 2 aliphatic carbocycles. The first-order chi connectivity index (χ1) is 12.4. The molecule has 2 aliphatic rings. The van der Waals surface area contributed by atoms with Gasteiger partial charge in [0.1, 0.15) is 0 Å². The Balaban J connectivity index is 1.57. The van der Waals surface area contributed by atoms with E-state index >= 15 is 0 Å². The molecule has 3 aromatic rings. The molecule has 0 bridgehead atoms. The largest absolute Gasteiger partial charge is 0.356 e. The van der Waals surface area contributed by atoms with Gasteiger partial charge in [-0.3, -0.25) is 0 Å². The molecule has 0 radical (unpaired) electrons. The van der Waals surface area contributed by atoms with Crippen molar-refractivity contribution in [3.05, 3.63) is 89.5 Å². The number of hydrogen-bond donors (Lipinski definition) is 1. The van der Waals surface area contributed by atoms with Crippen molar-refractivity contribution in [2.24, 2.45) is 0 Å². The van der Waals surface area contributed by atoms with Crippen LogP contribution in [0.3, 0.4) is 0 Å². The van der Waals surface area contributed by atoms with Gasteiger partial charge in [0.2, 0.25) is 0 Å². The first-order valence-electron chi connectivity index (χ1n) is 9.15. The van der Waals surface area contributed by atoms with E-state index < -0.39 is 0 Å². The summed E-state index contributed by atoms with van der Waals surface area (Å²) in [5.74, 6) is 0. The number of anilines is 2. The van der Waals surface area contributed by atoms with Crippen LogP contribution in [0.4, 0.5) is 11.4 Å². The Morgan fingerprint density at radius 1 is 0.760 bits per heavy atom. The summed E-state index contributed by atoms with van der Waals surface area (Å²) in [6.45, 7) is 0. The molecular weight excluding hydrogens is 302 g/mol. The lowest BCUT2D eigenvalue weighted by Gasteiger charge is -2.25. The van der Waals surface area contributed by atoms with Crippen molar-refractivity contribution in [3.63, 3.8) is 0 Å². The zero-order chi connectivity index (χ0) is 16.6. The maximum Gasteiger partial charge on any atom is 0.0390 e. The Hall–Kier alpha value is -2.80. The van der Waals surface area contributed by atoms with Gasteiger partial charge in [0.25, 0.3) is 0 Å². The summed E-state index contributed by atoms with van der Waals surface area (Å²) in [5, 5.41) is 6.23. The highest BCUT2D eigenvalue weighted by Crippen LogP contribution is 2.40. The standard InChI is InChI=1S/C24H21N/c1-2-7-19(8-3-1)25-20-12-15-22-18(16-20)11-14-23-21-9-5-4-6-17(21)10-13-24(22)23/h1-3,5,7-9,11-12,14-16,25H,4,6,10,13H2. The van der Waals surface area contributed by atoms with Crippen molar-refractivity contribution in [2.45, 2.75) is 25.7 Å². The predicted octanol–water partition coefficient (Wildman–Crippen LogP) is 6.63. The molecule has 0 saturated carbocycles. The molecule has 0 saturated heterocycles. The van der Waals surface area contributed by atoms with Crippen molar-refractivity contribution in [2.75, 3.05) is 5.32 Å². The lowest BCUT2D eigenvalue weighted by atomic mass is 9.79. The summed E-state index contributed by atoms with van der Waals surface area (Å²) < 4.78 is 0. The molecule has 0 atom stereocenters. The summed E-state index contributed by atoms with van der Waals surface area (Å²) in [7, 11) is 0. The molecule has 0 aliphatic heterocycles. The number of allylic oxidation sites excluding steroid dienone is 4. The number of fused-ring (bicyclic) bond motifs is 4. The number of rotatable bonds is 2. The molecule has 1 nitrogen and oxygen atoms in total. The third-order valence-corrected chi connectivity index (χ3v) is 5.44. The minimum Gasteiger partial charge on any atom is -0.356 e. The Bertz CT molecular complexity index is 1010. The molecule has 1 heteroatoms. The van der Waals surface area contributed by atoms with Crippen LogP contribution in [0.25, 0.3) is 16.3 Å². The monoisotopic (exact) mass is 323 g/mol. The van der Waals surface area contributed by atoms with Crippen molar-refractivity contribution >= 4 is 27.7 Å². The molecule has 0 unspecified atom stereocenters. The zero-order valence-corrected chi connectivity index (χ0v) is 14.3. The van der Waals surface area contributed by atoms with E-state index in [4.69, 9.17) is 0 Å². The molecule has 3 aromatic carbocycles. The highest BCUT2D eigenvalue weighted by Gasteiger charge is 2.20. The average molecular weight is 323 g/mol. The number of aryl methyl sites for hydroxylation is 1. The number of benzene rings is 3. The smallest absolute Gasteiger partial charge is 0.0390 e. The van der Waals surface area contributed by atoms with Gasteiger partial charge in [0.15, 0.2) is 0 Å². The van der Waals surface area contributed by atoms with Gasteiger partial charge in [-0.25, -0.2) is 0 Å². The second-order valence-corrected chi connectivity index (χ2v) is 6.98. The van der Waals surface area contributed by atoms with Gasteiger partial charge in [-0.2, -0.15) is 0 Å². The Labute approximate surface area is 148 Å². The molecule has 1 N–H and O–H groups in total. The number of nitrogens with one attached hydrogen (secondary N) is 1. The lowest BCUT2D eigenvalue weighted by molar-refractivity contribution is 0.831. The van der Waals surface area contributed by atoms with E-state index in [1.165, 1.54) is 53.2 Å². The number of para-hydroxylation sites is 1. The van der Waals surface area contributed by atoms with Crippen LogP contribution in [0.5, 0.6) is 0 Å². The summed E-state index contributed by atoms with van der Waals surface area (Å²) in [5.41, 5.74) is 8.38. The Kier molecular flexibility index (Phi) is 3.45. The van der Waals surface area contributed by atoms with Crippen molar-refractivity contribution < 1.29 is 0 Å². The molecule has 25 heavy (non-hydrogen) atoms. The molecule has 122 valence electrons. The third kappa shape index (κ3) is 2.56. The summed E-state index contributed by atoms with van der Waals surface area (Å²) in [6, 6.07) is 21.7. The molecule has 0 heterocycles. The van der Waals surface area contributed by atoms with Gasteiger partial charge < -0.3 is 5.32 Å². The van der Waals surface area contributed by atoms with E-state index in [2.05, 4.69) is 72.1 Å². The first-order valence-corrected chi connectivity index (χ1v) is 9.15. The Morgan fingerprint density at radius 3 is 2.60 bits per heavy atom. The molecule has 0 aromatic heterocycles. The van der Waals surface area contributed by atoms with Crippen LogP contribution in [0, 0.1) is 0 Å². The Morgan fingerprint density at radius 2 is 1.68 bits per heavy atom. The minimum atomic E-state index is 1.13. The lowest BCUT2D eigenvalue weighted by Crippen LogP contribution is -2.07. The van der Waals surface area contributed by atoms with Crippen LogP contribution in [-0.4, -0.2) is 0 Å². The maximum atomic E-state index is 3.50. The molecule has 0 amide bonds. The van der Waals surface area contributed by atoms with Crippen LogP contribution in [0.1, 0.15) is 30.4 Å². The molecular formula is C24H21N. The quantitative estimate of drug-likeness (QED) is 0.558. The van der Waals surface area contributed by atoms with Gasteiger partial charge in [-0.1, -0.05) is 54.1 Å². The van der Waals surface area contributed by atoms with E-state index in [-0.39, 0.29) is 0 Å². The van der Waals surface area contributed by atoms with E-state index in [1.54, 1.807) is 5.57 Å². The fourth-order valence-electron chi connectivity index (χ4n) is 4.21. The van der Waals surface area contributed by atoms with Crippen molar-refractivity contribution in [1.82, 2.24) is 0 Å². The second-order valence-electron chi connectivity index (χ2n) is 6.98. The van der Waals surface area contributed by atoms with Crippen molar-refractivity contribution in [3.8, 4) is 0 Å². The van der Waals surface area contributed by atoms with Gasteiger partial charge in [-0.15, -0.1) is 0 Å². The van der Waals surface area contributed by atoms with Gasteiger partial charge >= 0.3 is 0 Å². The maximum absolute atomic E-state index is 3.50. The summed E-state index contributed by atoms with van der Waals surface area (Å²) in [6.07, 6.45) is 9.50. The van der Waals surface area contributed by atoms with E-state index in [0.717, 1.165) is 11.4 Å². The fraction of sp³-hybridized carbons (Fsp3) is 0.167. The SMILES string of the molecule is C1=CC2=C(CC1)CCc1c2ccc2cc(Nc3ccccc3)ccc12. The van der Waals surface area contributed by atoms with Crippen LogP contribution in [0.15, 0.2) is 78.4 Å². The van der Waals surface area contributed by atoms with Crippen molar-refractivity contribution in [1.29, 1.82) is 0 Å². The number of hydrogen-bond acceptors (Lipinski definition) is 1. The average Bonchev–Trinajstić information content (AvgIpc) is 2.68. The molecule has 0 spiro atoms. The van der Waals surface area contributed by atoms with Crippen LogP contribution >= 0.6 is 0 Å². The topological polar surface area (TPSA) is 12.0 Å². The summed E-state index contributed by atoms with van der Waals surface area (Å²) in [4.78, 5) is 0. The fourth-order valence-corrected chi connectivity index (χ4v) is 4.21. The second kappa shape index (κ2) is 5.93. The van der Waals surface area contributed by atoms with Crippen LogP contribution in [-0.2, 0) is 6.42 Å². The summed E-state index contributed by atoms with van der Waals surface area (Å²) >= 11 is 0. The van der Waals surface area contributed by atoms with Gasteiger partial charge in [-0.05, 0) is 77.4 Å². The first kappa shape index (κ1) is 14.5. The van der Waals surface area contributed by atoms with E-state index in [9.17, 15) is 0 Å². The predicted molar refractivity (Wildman–Crippen MR) is 107 cm³/mol. The highest BCUT2D eigenvalue weighted by molar-refractivity contribution is 5.95. The minimum absolute atomic E-state index is 1.13. The normalized spacial score (nSPS) is 15.8. The van der Waals surface area contributed by atoms with Crippen LogP contribution in [0.2, 0.25) is 0 Å². The molecule has 5 rings (SSSR count). The van der Waals surface area contributed by atoms with Gasteiger partial charge in [0.05, 0.1) is 0 Å². The highest BCUT2D eigenvalue weighted by atomic mass is 14.9. The molecule has 0 fully saturated rings. The third-order valence-electron chi connectivity index (χ3n) is 5.44.